The van der Waals surface area contributed by atoms with Crippen molar-refractivity contribution in [1.82, 2.24) is 51.5 Å². The summed E-state index contributed by atoms with van der Waals surface area (Å²) in [6.07, 6.45) is -3.86. The molecule has 4 aliphatic rings. The number of carbonyl (C=O) groups excluding carboxylic acids is 21. The van der Waals surface area contributed by atoms with E-state index < -0.39 is 247 Å². The number of ketones is 7. The number of nitrogens with zero attached hydrogens (tertiary/aromatic N) is 4. The molecule has 0 unspecified atom stereocenters. The van der Waals surface area contributed by atoms with Crippen molar-refractivity contribution in [2.24, 2.45) is 47.3 Å². The van der Waals surface area contributed by atoms with Crippen LogP contribution in [0.15, 0.2) is 97.1 Å². The van der Waals surface area contributed by atoms with E-state index in [1.165, 1.54) is 101 Å². The highest BCUT2D eigenvalue weighted by Gasteiger charge is 2.45. The molecule has 37 nitrogen and oxygen atoms in total. The molecule has 0 spiro atoms. The Bertz CT molecular complexity index is 6230. The normalized spacial score (nSPS) is 14.8. The lowest BCUT2D eigenvalue weighted by Gasteiger charge is -2.32. The van der Waals surface area contributed by atoms with E-state index in [0.29, 0.717) is 17.7 Å². The maximum absolute atomic E-state index is 14.7. The summed E-state index contributed by atoms with van der Waals surface area (Å²) in [7, 11) is 0. The van der Waals surface area contributed by atoms with Gasteiger partial charge in [0.2, 0.25) is 29.5 Å². The lowest BCUT2D eigenvalue weighted by molar-refractivity contribution is -0.144. The molecule has 4 aromatic heterocycles. The van der Waals surface area contributed by atoms with Gasteiger partial charge >= 0.3 is 17.9 Å². The van der Waals surface area contributed by atoms with E-state index in [1.807, 2.05) is 38.1 Å². The minimum atomic E-state index is -1.38. The van der Waals surface area contributed by atoms with Gasteiger partial charge in [-0.25, -0.2) is 4.79 Å². The Kier molecular flexibility index (Phi) is 38.7. The molecule has 0 saturated heterocycles. The van der Waals surface area contributed by atoms with Crippen LogP contribution in [0.1, 0.15) is 307 Å². The smallest absolute Gasteiger partial charge is 0.326 e. The number of aliphatic carboxylic acids is 3. The summed E-state index contributed by atoms with van der Waals surface area (Å²) in [5.74, 6) is -23.5. The van der Waals surface area contributed by atoms with Crippen LogP contribution in [-0.4, -0.2) is 239 Å². The van der Waals surface area contributed by atoms with Crippen molar-refractivity contribution in [3.63, 3.8) is 0 Å². The van der Waals surface area contributed by atoms with Gasteiger partial charge in [0.05, 0.1) is 41.0 Å². The first kappa shape index (κ1) is 114. The number of amides is 14. The fraction of sp³-hybridized carbons (Fsp3) is 0.450. The highest BCUT2D eigenvalue weighted by Crippen LogP contribution is 2.46. The maximum Gasteiger partial charge on any atom is 0.326 e. The molecule has 0 bridgehead atoms. The number of carbonyl (C=O) groups is 24. The topological polar surface area (TPSA) is 556 Å². The first-order valence-corrected chi connectivity index (χ1v) is 53.6. The molecule has 0 fully saturated rings. The Morgan fingerprint density at radius 3 is 1.10 bits per heavy atom. The minimum Gasteiger partial charge on any atom is -0.481 e. The highest BCUT2D eigenvalue weighted by atomic mass is 32.1. The molecular weight excluding hydrogens is 2010 g/mol. The lowest BCUT2D eigenvalue weighted by atomic mass is 9.84. The average Bonchev–Trinajstić information content (AvgIpc) is 0.797. The van der Waals surface area contributed by atoms with E-state index in [4.69, 9.17) is 0 Å². The van der Waals surface area contributed by atoms with Gasteiger partial charge in [-0.05, 0) is 185 Å². The standard InChI is InChI=1S/C109H122N10O27S4/c1-12-44-116-101(137)63-22-26-67-93-68(27-23-64(91(63)93)102(116)138)106(142)118(105(67)141)46-16-14-18-59(97(133)114-95(56(7)8)78(126)49-60(20-42-89(129)130)98(134)115-96(57(9)10)109(145)146)48-62(122)53-110-87(127)41-31-75(123)79-32-33-80(147-79)81-34-35-82(148-81)83-36-37-84(149-83)85-38-39-86(150-85)100(136)111-52-61(121)21-40-88(128)112-73(77(125)51-72(55(5)6)99(135)113-74(30-43-90(131)132)76(124)50-71(54(3)4)58(11)120)19-15-17-47-119-107(143)69-28-24-65-92-66(25-29-70(94(69)92)108(119)144)104(140)117(45-13-2)103(65)139/h22-29,32-39,54-57,59-60,71-74,95-96H,12-21,30-31,40-53H2,1-11H3,(H,110,127)(H,111,136)(H,112,128)(H,113,135)(H,114,133)(H,115,134)(H,129,130)(H,131,132)(H,145,146)/t59-,60-,71+,72+,73+,74+,95+,96+/m1/s1. The zero-order chi connectivity index (χ0) is 109. The van der Waals surface area contributed by atoms with Crippen molar-refractivity contribution >= 4 is 208 Å². The van der Waals surface area contributed by atoms with Crippen LogP contribution in [0.5, 0.6) is 0 Å². The number of carboxylic acids is 3. The van der Waals surface area contributed by atoms with E-state index >= 15 is 0 Å². The van der Waals surface area contributed by atoms with Crippen molar-refractivity contribution in [2.45, 2.75) is 229 Å². The number of thiophene rings is 4. The summed E-state index contributed by atoms with van der Waals surface area (Å²) >= 11 is 5.28. The van der Waals surface area contributed by atoms with Gasteiger partial charge in [0.25, 0.3) is 53.2 Å². The third-order valence-corrected chi connectivity index (χ3v) is 32.4. The molecule has 0 saturated carbocycles. The molecular formula is C109H122N10O27S4. The number of hydrogen-bond donors (Lipinski definition) is 9. The zero-order valence-corrected chi connectivity index (χ0v) is 88.4. The Morgan fingerprint density at radius 2 is 0.687 bits per heavy atom. The van der Waals surface area contributed by atoms with Crippen LogP contribution < -0.4 is 31.9 Å². The van der Waals surface area contributed by atoms with E-state index in [1.54, 1.807) is 79.7 Å². The molecule has 794 valence electrons. The van der Waals surface area contributed by atoms with E-state index in [2.05, 4.69) is 31.9 Å². The average molecular weight is 2130 g/mol. The molecule has 0 radical (unpaired) electrons. The van der Waals surface area contributed by atoms with Crippen LogP contribution >= 0.6 is 45.3 Å². The second kappa shape index (κ2) is 50.8. The lowest BCUT2D eigenvalue weighted by Crippen LogP contribution is -2.50. The molecule has 150 heavy (non-hydrogen) atoms. The number of nitrogens with one attached hydrogen (secondary N) is 6. The Labute approximate surface area is 880 Å². The molecule has 12 rings (SSSR count). The number of unbranched alkanes of at least 4 members (excludes halogenated alkanes) is 2. The molecule has 14 amide bonds. The summed E-state index contributed by atoms with van der Waals surface area (Å²) in [5.41, 5.74) is 1.06. The van der Waals surface area contributed by atoms with Crippen LogP contribution in [-0.2, 0) is 67.1 Å². The van der Waals surface area contributed by atoms with Crippen LogP contribution in [0.2, 0.25) is 0 Å². The van der Waals surface area contributed by atoms with Gasteiger partial charge in [0.15, 0.2) is 34.7 Å². The van der Waals surface area contributed by atoms with Gasteiger partial charge in [-0.15, -0.1) is 45.3 Å². The first-order valence-electron chi connectivity index (χ1n) is 50.3. The quantitative estimate of drug-likeness (QED) is 0.00971. The monoisotopic (exact) mass is 2130 g/mol. The fourth-order valence-electron chi connectivity index (χ4n) is 19.1. The minimum absolute atomic E-state index is 0.0789. The van der Waals surface area contributed by atoms with Gasteiger partial charge < -0.3 is 47.2 Å². The summed E-state index contributed by atoms with van der Waals surface area (Å²) in [6, 6.07) is 20.7. The van der Waals surface area contributed by atoms with E-state index in [9.17, 15) is 130 Å². The maximum atomic E-state index is 14.7. The van der Waals surface area contributed by atoms with Crippen LogP contribution in [0.4, 0.5) is 0 Å². The van der Waals surface area contributed by atoms with Crippen LogP contribution in [0.25, 0.3) is 50.8 Å². The number of rotatable bonds is 59. The van der Waals surface area contributed by atoms with Crippen LogP contribution in [0, 0.1) is 47.3 Å². The van der Waals surface area contributed by atoms with E-state index in [0.717, 1.165) is 48.9 Å². The Morgan fingerprint density at radius 1 is 0.320 bits per heavy atom. The van der Waals surface area contributed by atoms with Gasteiger partial charge in [-0.2, -0.15) is 0 Å². The molecule has 8 heterocycles. The van der Waals surface area contributed by atoms with Crippen molar-refractivity contribution in [1.29, 1.82) is 0 Å². The van der Waals surface area contributed by atoms with Gasteiger partial charge in [0.1, 0.15) is 11.8 Å². The second-order valence-electron chi connectivity index (χ2n) is 39.6. The van der Waals surface area contributed by atoms with Crippen molar-refractivity contribution in [3.05, 3.63) is 151 Å². The number of Topliss-reactive ketones (excluding diaryl/α,β-unsaturated/α-hetero) is 7. The molecule has 4 aromatic carbocycles. The van der Waals surface area contributed by atoms with Crippen LogP contribution in [0.3, 0.4) is 0 Å². The highest BCUT2D eigenvalue weighted by molar-refractivity contribution is 7.29. The largest absolute Gasteiger partial charge is 0.481 e. The number of hydrogen-bond acceptors (Lipinski definition) is 28. The van der Waals surface area contributed by atoms with Crippen molar-refractivity contribution in [3.8, 4) is 29.3 Å². The third-order valence-electron chi connectivity index (χ3n) is 27.4. The summed E-state index contributed by atoms with van der Waals surface area (Å²) in [4.78, 5) is 337. The van der Waals surface area contributed by atoms with Gasteiger partial charge in [-0.1, -0.05) is 75.7 Å². The molecule has 8 aromatic rings. The Balaban J connectivity index is 0.632. The fourth-order valence-corrected chi connectivity index (χ4v) is 23.3. The van der Waals surface area contributed by atoms with E-state index in [-0.39, 0.29) is 192 Å². The molecule has 8 atom stereocenters. The van der Waals surface area contributed by atoms with Crippen molar-refractivity contribution < 1.29 is 130 Å². The molecule has 4 aliphatic heterocycles. The van der Waals surface area contributed by atoms with Gasteiger partial charge in [-0.3, -0.25) is 130 Å². The molecule has 0 aliphatic carbocycles. The number of imide groups is 4. The zero-order valence-electron chi connectivity index (χ0n) is 85.1. The second-order valence-corrected chi connectivity index (χ2v) is 43.9. The Hall–Kier alpha value is -14.3. The first-order chi connectivity index (χ1) is 71.2. The van der Waals surface area contributed by atoms with Gasteiger partial charge in [0, 0.05) is 209 Å². The predicted molar refractivity (Wildman–Crippen MR) is 557 cm³/mol. The summed E-state index contributed by atoms with van der Waals surface area (Å²) < 4.78 is 0. The number of carboxylic acid groups (broad SMARTS) is 3. The number of benzene rings is 4. The SMILES string of the molecule is CCCN1C(=O)c2ccc3c4c(ccc(c24)C1=O)C(=O)N(CCCC[C@H](CC(=O)CNC(=O)CCC(=O)c1ccc(-c2ccc(-c4ccc(-c5ccc(C(=O)NCC(=O)CCC(=O)N[C@@H](CCCCN6C(=O)c7ccc8c9c(ccc(c79)C6=O)C(=O)N(CCC)C8=O)C(=O)C[C@H](C(=O)N[C@@H](CCC(=O)O)C(=O)C[C@H](C(C)=O)C(C)C)C(C)C)s5)s4)s2)s1)C(=O)N[C@H](C(=O)C[C@@H](CCC(=O)O)C(=O)N[C@H](C(=O)O)C(C)C)C(C)C)C3=O. The van der Waals surface area contributed by atoms with Crippen molar-refractivity contribution in [2.75, 3.05) is 39.3 Å². The summed E-state index contributed by atoms with van der Waals surface area (Å²) in [5, 5.41) is 45.4. The molecule has 41 heteroatoms. The summed E-state index contributed by atoms with van der Waals surface area (Å²) in [6.45, 7) is 17.0. The third kappa shape index (κ3) is 26.9. The predicted octanol–water partition coefficient (Wildman–Crippen LogP) is 13.6. The molecule has 9 N–H and O–H groups in total.